The van der Waals surface area contributed by atoms with Crippen LogP contribution in [0.5, 0.6) is 0 Å². The standard InChI is InChI=1S/C33H35N5O3/c1-4-29(39)35-28-19-23(9-8-21(28)2)30-27-18-24(33(40)41-26-6-5-7-26)20-34-32(27)36-31(30)22-10-12-25(13-11-22)38-16-14-37(3)15-17-38/h4,8-13,18-20,26H,1,5-7,14-17H2,2-3H3,(H,34,36)(H,35,39). The summed E-state index contributed by atoms with van der Waals surface area (Å²) >= 11 is 0. The zero-order chi connectivity index (χ0) is 28.5. The Morgan fingerprint density at radius 3 is 2.46 bits per heavy atom. The number of nitrogens with one attached hydrogen (secondary N) is 2. The first-order valence-electron chi connectivity index (χ1n) is 14.2. The Bertz CT molecular complexity index is 1610. The first kappa shape index (κ1) is 26.8. The van der Waals surface area contributed by atoms with Crippen LogP contribution in [0.4, 0.5) is 11.4 Å². The predicted molar refractivity (Wildman–Crippen MR) is 163 cm³/mol. The Labute approximate surface area is 240 Å². The van der Waals surface area contributed by atoms with Gasteiger partial charge in [-0.15, -0.1) is 0 Å². The summed E-state index contributed by atoms with van der Waals surface area (Å²) < 4.78 is 5.67. The summed E-state index contributed by atoms with van der Waals surface area (Å²) in [5.74, 6) is -0.622. The lowest BCUT2D eigenvalue weighted by molar-refractivity contribution is -0.111. The number of anilines is 2. The SMILES string of the molecule is C=CC(=O)Nc1cc(-c2c(-c3ccc(N4CCN(C)CC4)cc3)[nH]c3ncc(C(=O)OC4CCC4)cc23)ccc1C. The molecule has 2 aromatic heterocycles. The Kier molecular flexibility index (Phi) is 7.32. The molecule has 2 N–H and O–H groups in total. The number of carbonyl (C=O) groups is 2. The van der Waals surface area contributed by atoms with E-state index < -0.39 is 0 Å². The minimum Gasteiger partial charge on any atom is -0.459 e. The molecule has 8 heteroatoms. The molecular formula is C33H35N5O3. The number of aromatic amines is 1. The van der Waals surface area contributed by atoms with Gasteiger partial charge in [-0.05, 0) is 80.3 Å². The number of H-pyrrole nitrogens is 1. The number of ether oxygens (including phenoxy) is 1. The van der Waals surface area contributed by atoms with Crippen molar-refractivity contribution in [2.75, 3.05) is 43.4 Å². The van der Waals surface area contributed by atoms with Gasteiger partial charge in [0.15, 0.2) is 0 Å². The highest BCUT2D eigenvalue weighted by Crippen LogP contribution is 2.40. The number of aromatic nitrogens is 2. The number of likely N-dealkylation sites (N-methyl/N-ethyl adjacent to an activating group) is 1. The molecule has 210 valence electrons. The third kappa shape index (κ3) is 5.47. The Morgan fingerprint density at radius 2 is 1.78 bits per heavy atom. The fourth-order valence-electron chi connectivity index (χ4n) is 5.41. The summed E-state index contributed by atoms with van der Waals surface area (Å²) in [7, 11) is 2.16. The fourth-order valence-corrected chi connectivity index (χ4v) is 5.41. The number of nitrogens with zero attached hydrogens (tertiary/aromatic N) is 3. The van der Waals surface area contributed by atoms with Crippen molar-refractivity contribution < 1.29 is 14.3 Å². The minimum atomic E-state index is -0.350. The molecule has 2 aromatic carbocycles. The molecule has 0 atom stereocenters. The quantitative estimate of drug-likeness (QED) is 0.224. The van der Waals surface area contributed by atoms with Crippen LogP contribution in [0.1, 0.15) is 35.2 Å². The lowest BCUT2D eigenvalue weighted by Gasteiger charge is -2.34. The fraction of sp³-hybridized carbons (Fsp3) is 0.303. The van der Waals surface area contributed by atoms with Gasteiger partial charge in [-0.3, -0.25) is 4.79 Å². The van der Waals surface area contributed by atoms with Crippen molar-refractivity contribution in [1.82, 2.24) is 14.9 Å². The third-order valence-corrected chi connectivity index (χ3v) is 8.21. The number of piperazine rings is 1. The Hall–Kier alpha value is -4.43. The molecule has 8 nitrogen and oxygen atoms in total. The maximum atomic E-state index is 12.9. The van der Waals surface area contributed by atoms with Crippen LogP contribution in [0.25, 0.3) is 33.4 Å². The molecule has 3 heterocycles. The van der Waals surface area contributed by atoms with E-state index in [1.54, 1.807) is 6.20 Å². The molecule has 1 aliphatic heterocycles. The Balaban J connectivity index is 1.43. The minimum absolute atomic E-state index is 0.00796. The molecule has 4 aromatic rings. The first-order chi connectivity index (χ1) is 19.9. The van der Waals surface area contributed by atoms with Crippen molar-refractivity contribution in [3.63, 3.8) is 0 Å². The van der Waals surface area contributed by atoms with Crippen molar-refractivity contribution in [3.05, 3.63) is 78.5 Å². The van der Waals surface area contributed by atoms with E-state index in [-0.39, 0.29) is 18.0 Å². The maximum absolute atomic E-state index is 12.9. The van der Waals surface area contributed by atoms with Gasteiger partial charge >= 0.3 is 5.97 Å². The second kappa shape index (κ2) is 11.2. The number of aryl methyl sites for hydroxylation is 1. The van der Waals surface area contributed by atoms with Crippen LogP contribution in [0.2, 0.25) is 0 Å². The number of amides is 1. The van der Waals surface area contributed by atoms with Gasteiger partial charge in [-0.1, -0.05) is 30.8 Å². The van der Waals surface area contributed by atoms with Crippen molar-refractivity contribution in [2.24, 2.45) is 0 Å². The van der Waals surface area contributed by atoms with E-state index in [4.69, 9.17) is 4.74 Å². The summed E-state index contributed by atoms with van der Waals surface area (Å²) in [6.45, 7) is 9.62. The average molecular weight is 550 g/mol. The zero-order valence-corrected chi connectivity index (χ0v) is 23.6. The lowest BCUT2D eigenvalue weighted by Crippen LogP contribution is -2.44. The van der Waals surface area contributed by atoms with Gasteiger partial charge < -0.3 is 24.8 Å². The van der Waals surface area contributed by atoms with Crippen LogP contribution in [-0.4, -0.2) is 66.1 Å². The number of fused-ring (bicyclic) bond motifs is 1. The van der Waals surface area contributed by atoms with E-state index in [1.807, 2.05) is 31.2 Å². The number of pyridine rings is 1. The summed E-state index contributed by atoms with van der Waals surface area (Å²) in [4.78, 5) is 38.0. The number of rotatable bonds is 7. The van der Waals surface area contributed by atoms with Crippen molar-refractivity contribution in [2.45, 2.75) is 32.3 Å². The normalized spacial score (nSPS) is 15.9. The van der Waals surface area contributed by atoms with Gasteiger partial charge in [0, 0.05) is 54.7 Å². The molecule has 6 rings (SSSR count). The molecule has 2 aliphatic rings. The highest BCUT2D eigenvalue weighted by atomic mass is 16.5. The number of carbonyl (C=O) groups excluding carboxylic acids is 2. The van der Waals surface area contributed by atoms with Crippen molar-refractivity contribution >= 4 is 34.3 Å². The number of hydrogen-bond acceptors (Lipinski definition) is 6. The lowest BCUT2D eigenvalue weighted by atomic mass is 9.96. The van der Waals surface area contributed by atoms with Crippen molar-refractivity contribution in [1.29, 1.82) is 0 Å². The van der Waals surface area contributed by atoms with E-state index in [0.29, 0.717) is 16.9 Å². The highest BCUT2D eigenvalue weighted by Gasteiger charge is 2.24. The number of benzene rings is 2. The molecule has 1 saturated heterocycles. The summed E-state index contributed by atoms with van der Waals surface area (Å²) in [5.41, 5.74) is 7.64. The van der Waals surface area contributed by atoms with Crippen LogP contribution in [0, 0.1) is 6.92 Å². The molecule has 0 spiro atoms. The van der Waals surface area contributed by atoms with Gasteiger partial charge in [0.05, 0.1) is 11.3 Å². The average Bonchev–Trinajstić information content (AvgIpc) is 3.35. The summed E-state index contributed by atoms with van der Waals surface area (Å²) in [6.07, 6.45) is 5.74. The predicted octanol–water partition coefficient (Wildman–Crippen LogP) is 5.79. The summed E-state index contributed by atoms with van der Waals surface area (Å²) in [5, 5.41) is 3.73. The second-order valence-electron chi connectivity index (χ2n) is 11.0. The molecule has 0 radical (unpaired) electrons. The van der Waals surface area contributed by atoms with E-state index in [1.165, 1.54) is 11.8 Å². The molecule has 0 unspecified atom stereocenters. The molecule has 41 heavy (non-hydrogen) atoms. The van der Waals surface area contributed by atoms with E-state index >= 15 is 0 Å². The van der Waals surface area contributed by atoms with E-state index in [0.717, 1.165) is 78.8 Å². The van der Waals surface area contributed by atoms with Crippen LogP contribution >= 0.6 is 0 Å². The first-order valence-corrected chi connectivity index (χ1v) is 14.2. The van der Waals surface area contributed by atoms with Crippen LogP contribution in [-0.2, 0) is 9.53 Å². The largest absolute Gasteiger partial charge is 0.459 e. The highest BCUT2D eigenvalue weighted by molar-refractivity contribution is 6.06. The van der Waals surface area contributed by atoms with Gasteiger partial charge in [0.25, 0.3) is 0 Å². The topological polar surface area (TPSA) is 90.6 Å². The van der Waals surface area contributed by atoms with Crippen LogP contribution in [0.3, 0.4) is 0 Å². The van der Waals surface area contributed by atoms with E-state index in [2.05, 4.69) is 63.0 Å². The molecule has 0 bridgehead atoms. The van der Waals surface area contributed by atoms with Gasteiger partial charge in [0.2, 0.25) is 5.91 Å². The maximum Gasteiger partial charge on any atom is 0.339 e. The number of esters is 1. The van der Waals surface area contributed by atoms with Gasteiger partial charge in [0.1, 0.15) is 11.8 Å². The van der Waals surface area contributed by atoms with Gasteiger partial charge in [-0.25, -0.2) is 9.78 Å². The van der Waals surface area contributed by atoms with Crippen molar-refractivity contribution in [3.8, 4) is 22.4 Å². The second-order valence-corrected chi connectivity index (χ2v) is 11.0. The monoisotopic (exact) mass is 549 g/mol. The number of hydrogen-bond donors (Lipinski definition) is 2. The van der Waals surface area contributed by atoms with Crippen LogP contribution in [0.15, 0.2) is 67.4 Å². The van der Waals surface area contributed by atoms with Gasteiger partial charge in [-0.2, -0.15) is 0 Å². The molecule has 1 saturated carbocycles. The molecule has 1 amide bonds. The third-order valence-electron chi connectivity index (χ3n) is 8.21. The molecular weight excluding hydrogens is 514 g/mol. The molecule has 1 aliphatic carbocycles. The summed E-state index contributed by atoms with van der Waals surface area (Å²) in [6, 6.07) is 16.4. The van der Waals surface area contributed by atoms with E-state index in [9.17, 15) is 9.59 Å². The molecule has 2 fully saturated rings. The smallest absolute Gasteiger partial charge is 0.339 e. The Morgan fingerprint density at radius 1 is 1.05 bits per heavy atom. The van der Waals surface area contributed by atoms with Crippen LogP contribution < -0.4 is 10.2 Å². The zero-order valence-electron chi connectivity index (χ0n) is 23.6.